The van der Waals surface area contributed by atoms with Crippen molar-refractivity contribution in [2.45, 2.75) is 32.1 Å². The van der Waals surface area contributed by atoms with Gasteiger partial charge in [-0.15, -0.1) is 0 Å². The lowest BCUT2D eigenvalue weighted by Crippen LogP contribution is -2.35. The molecular formula is C14H20BrNOS. The predicted molar refractivity (Wildman–Crippen MR) is 80.3 cm³/mol. The normalized spacial score (nSPS) is 23.8. The number of amides is 1. The Morgan fingerprint density at radius 2 is 2.17 bits per heavy atom. The van der Waals surface area contributed by atoms with Crippen LogP contribution in [-0.4, -0.2) is 17.8 Å². The largest absolute Gasteiger partial charge is 0.356 e. The van der Waals surface area contributed by atoms with Crippen molar-refractivity contribution in [2.75, 3.05) is 11.9 Å². The van der Waals surface area contributed by atoms with Crippen LogP contribution in [0.2, 0.25) is 0 Å². The molecule has 0 bridgehead atoms. The van der Waals surface area contributed by atoms with Crippen molar-refractivity contribution in [2.24, 2.45) is 11.8 Å². The van der Waals surface area contributed by atoms with Gasteiger partial charge in [-0.1, -0.05) is 28.8 Å². The van der Waals surface area contributed by atoms with Gasteiger partial charge in [-0.3, -0.25) is 4.79 Å². The van der Waals surface area contributed by atoms with Crippen LogP contribution in [0.25, 0.3) is 0 Å². The van der Waals surface area contributed by atoms with E-state index in [9.17, 15) is 4.79 Å². The van der Waals surface area contributed by atoms with Gasteiger partial charge in [0.05, 0.1) is 6.42 Å². The highest BCUT2D eigenvalue weighted by atomic mass is 79.9. The number of carbonyl (C=O) groups excluding carboxylic acids is 1. The van der Waals surface area contributed by atoms with Crippen molar-refractivity contribution in [1.82, 2.24) is 5.32 Å². The summed E-state index contributed by atoms with van der Waals surface area (Å²) >= 11 is 5.24. The number of alkyl halides is 1. The first-order valence-corrected chi connectivity index (χ1v) is 8.69. The summed E-state index contributed by atoms with van der Waals surface area (Å²) in [6.07, 6.45) is 5.74. The quantitative estimate of drug-likeness (QED) is 0.821. The van der Waals surface area contributed by atoms with Crippen molar-refractivity contribution in [3.8, 4) is 0 Å². The molecule has 2 nitrogen and oxygen atoms in total. The van der Waals surface area contributed by atoms with E-state index in [0.717, 1.165) is 23.4 Å². The molecule has 2 atom stereocenters. The average molecular weight is 330 g/mol. The zero-order valence-electron chi connectivity index (χ0n) is 10.5. The van der Waals surface area contributed by atoms with Gasteiger partial charge in [-0.2, -0.15) is 11.3 Å². The molecule has 0 aromatic carbocycles. The van der Waals surface area contributed by atoms with Gasteiger partial charge >= 0.3 is 0 Å². The second kappa shape index (κ2) is 7.29. The Kier molecular flexibility index (Phi) is 5.70. The summed E-state index contributed by atoms with van der Waals surface area (Å²) < 4.78 is 0. The third-order valence-electron chi connectivity index (χ3n) is 3.77. The van der Waals surface area contributed by atoms with E-state index in [2.05, 4.69) is 21.2 Å². The van der Waals surface area contributed by atoms with Gasteiger partial charge in [0.2, 0.25) is 5.91 Å². The molecule has 0 spiro atoms. The molecular weight excluding hydrogens is 310 g/mol. The minimum Gasteiger partial charge on any atom is -0.356 e. The molecule has 4 heteroatoms. The van der Waals surface area contributed by atoms with E-state index < -0.39 is 0 Å². The highest BCUT2D eigenvalue weighted by Gasteiger charge is 2.24. The van der Waals surface area contributed by atoms with E-state index >= 15 is 0 Å². The molecule has 1 aliphatic carbocycles. The molecule has 1 fully saturated rings. The molecule has 0 saturated heterocycles. The Morgan fingerprint density at radius 3 is 2.83 bits per heavy atom. The molecule has 1 heterocycles. The predicted octanol–water partition coefficient (Wildman–Crippen LogP) is 3.61. The number of hydrogen-bond donors (Lipinski definition) is 1. The van der Waals surface area contributed by atoms with Crippen LogP contribution >= 0.6 is 27.3 Å². The molecule has 1 aromatic heterocycles. The van der Waals surface area contributed by atoms with Gasteiger partial charge < -0.3 is 5.32 Å². The molecule has 1 aromatic rings. The lowest BCUT2D eigenvalue weighted by atomic mass is 9.80. The lowest BCUT2D eigenvalue weighted by molar-refractivity contribution is -0.120. The fourth-order valence-electron chi connectivity index (χ4n) is 2.64. The highest BCUT2D eigenvalue weighted by molar-refractivity contribution is 9.09. The van der Waals surface area contributed by atoms with Crippen molar-refractivity contribution < 1.29 is 4.79 Å². The van der Waals surface area contributed by atoms with E-state index in [-0.39, 0.29) is 5.91 Å². The number of thiophene rings is 1. The second-order valence-corrected chi connectivity index (χ2v) is 6.50. The van der Waals surface area contributed by atoms with Crippen molar-refractivity contribution in [1.29, 1.82) is 0 Å². The molecule has 1 aliphatic rings. The van der Waals surface area contributed by atoms with Gasteiger partial charge in [0, 0.05) is 11.9 Å². The first-order valence-electron chi connectivity index (χ1n) is 6.63. The summed E-state index contributed by atoms with van der Waals surface area (Å²) in [4.78, 5) is 11.8. The standard InChI is InChI=1S/C14H20BrNOS/c15-8-12-3-1-2-4-13(12)9-16-14(17)7-11-5-6-18-10-11/h5-6,10,12-13H,1-4,7-9H2,(H,16,17). The Balaban J connectivity index is 1.74. The van der Waals surface area contributed by atoms with Gasteiger partial charge in [0.15, 0.2) is 0 Å². The molecule has 2 rings (SSSR count). The van der Waals surface area contributed by atoms with Gasteiger partial charge in [-0.25, -0.2) is 0 Å². The molecule has 1 saturated carbocycles. The van der Waals surface area contributed by atoms with E-state index in [4.69, 9.17) is 0 Å². The third-order valence-corrected chi connectivity index (χ3v) is 5.33. The maximum absolute atomic E-state index is 11.8. The number of carbonyl (C=O) groups is 1. The molecule has 100 valence electrons. The van der Waals surface area contributed by atoms with Crippen LogP contribution < -0.4 is 5.32 Å². The van der Waals surface area contributed by atoms with Crippen LogP contribution in [0, 0.1) is 11.8 Å². The fraction of sp³-hybridized carbons (Fsp3) is 0.643. The Hall–Kier alpha value is -0.350. The highest BCUT2D eigenvalue weighted by Crippen LogP contribution is 2.30. The van der Waals surface area contributed by atoms with E-state index in [0.29, 0.717) is 12.3 Å². The monoisotopic (exact) mass is 329 g/mol. The number of halogens is 1. The first-order chi connectivity index (χ1) is 8.79. The summed E-state index contributed by atoms with van der Waals surface area (Å²) in [5, 5.41) is 8.23. The maximum Gasteiger partial charge on any atom is 0.224 e. The average Bonchev–Trinajstić information content (AvgIpc) is 2.89. The topological polar surface area (TPSA) is 29.1 Å². The number of rotatable bonds is 5. The molecule has 1 amide bonds. The smallest absolute Gasteiger partial charge is 0.224 e. The SMILES string of the molecule is O=C(Cc1ccsc1)NCC1CCCCC1CBr. The molecule has 18 heavy (non-hydrogen) atoms. The van der Waals surface area contributed by atoms with Crippen molar-refractivity contribution in [3.63, 3.8) is 0 Å². The number of nitrogens with one attached hydrogen (secondary N) is 1. The zero-order chi connectivity index (χ0) is 12.8. The second-order valence-electron chi connectivity index (χ2n) is 5.07. The summed E-state index contributed by atoms with van der Waals surface area (Å²) in [7, 11) is 0. The molecule has 0 aliphatic heterocycles. The fourth-order valence-corrected chi connectivity index (χ4v) is 4.16. The third kappa shape index (κ3) is 4.09. The first kappa shape index (κ1) is 14.1. The van der Waals surface area contributed by atoms with Crippen LogP contribution in [-0.2, 0) is 11.2 Å². The van der Waals surface area contributed by atoms with Gasteiger partial charge in [0.1, 0.15) is 0 Å². The van der Waals surface area contributed by atoms with E-state index in [1.807, 2.05) is 16.8 Å². The van der Waals surface area contributed by atoms with E-state index in [1.165, 1.54) is 25.7 Å². The Labute approximate surface area is 121 Å². The maximum atomic E-state index is 11.8. The van der Waals surface area contributed by atoms with Crippen LogP contribution in [0.5, 0.6) is 0 Å². The van der Waals surface area contributed by atoms with Gasteiger partial charge in [-0.05, 0) is 47.1 Å². The van der Waals surface area contributed by atoms with Crippen molar-refractivity contribution in [3.05, 3.63) is 22.4 Å². The Morgan fingerprint density at radius 1 is 1.39 bits per heavy atom. The van der Waals surface area contributed by atoms with Crippen LogP contribution in [0.3, 0.4) is 0 Å². The number of hydrogen-bond acceptors (Lipinski definition) is 2. The summed E-state index contributed by atoms with van der Waals surface area (Å²) in [6, 6.07) is 2.02. The zero-order valence-corrected chi connectivity index (χ0v) is 12.9. The molecule has 0 radical (unpaired) electrons. The van der Waals surface area contributed by atoms with Gasteiger partial charge in [0.25, 0.3) is 0 Å². The summed E-state index contributed by atoms with van der Waals surface area (Å²) in [5.74, 6) is 1.55. The van der Waals surface area contributed by atoms with Crippen LogP contribution in [0.15, 0.2) is 16.8 Å². The van der Waals surface area contributed by atoms with Crippen LogP contribution in [0.4, 0.5) is 0 Å². The lowest BCUT2D eigenvalue weighted by Gasteiger charge is -2.30. The van der Waals surface area contributed by atoms with Crippen molar-refractivity contribution >= 4 is 33.2 Å². The summed E-state index contributed by atoms with van der Waals surface area (Å²) in [5.41, 5.74) is 1.12. The van der Waals surface area contributed by atoms with Crippen LogP contribution in [0.1, 0.15) is 31.2 Å². The van der Waals surface area contributed by atoms with E-state index in [1.54, 1.807) is 11.3 Å². The molecule has 2 unspecified atom stereocenters. The minimum atomic E-state index is 0.160. The summed E-state index contributed by atoms with van der Waals surface area (Å²) in [6.45, 7) is 0.846. The minimum absolute atomic E-state index is 0.160. The molecule has 1 N–H and O–H groups in total. The Bertz CT molecular complexity index is 366.